The van der Waals surface area contributed by atoms with Crippen molar-refractivity contribution in [2.75, 3.05) is 0 Å². The van der Waals surface area contributed by atoms with Crippen molar-refractivity contribution in [3.8, 4) is 0 Å². The van der Waals surface area contributed by atoms with Crippen LogP contribution in [0, 0.1) is 5.92 Å². The van der Waals surface area contributed by atoms with Crippen LogP contribution >= 0.6 is 23.0 Å². The molecular weight excluding hydrogens is 325 g/mol. The van der Waals surface area contributed by atoms with Gasteiger partial charge in [-0.05, 0) is 32.3 Å². The van der Waals surface area contributed by atoms with Crippen LogP contribution in [0.15, 0.2) is 30.3 Å². The molecule has 0 saturated carbocycles. The molecule has 1 aromatic carbocycles. The highest BCUT2D eigenvalue weighted by molar-refractivity contribution is 14.1. The predicted molar refractivity (Wildman–Crippen MR) is 80.7 cm³/mol. The van der Waals surface area contributed by atoms with E-state index in [1.54, 1.807) is 0 Å². The third-order valence-corrected chi connectivity index (χ3v) is 3.19. The molecule has 0 fully saturated rings. The van der Waals surface area contributed by atoms with Crippen LogP contribution < -0.4 is 0 Å². The van der Waals surface area contributed by atoms with Crippen LogP contribution in [0.2, 0.25) is 0 Å². The average molecular weight is 347 g/mol. The summed E-state index contributed by atoms with van der Waals surface area (Å²) in [5.41, 5.74) is 1.28. The van der Waals surface area contributed by atoms with Gasteiger partial charge in [-0.25, -0.2) is 3.17 Å². The molecule has 0 aliphatic heterocycles. The Morgan fingerprint density at radius 2 is 1.65 bits per heavy atom. The van der Waals surface area contributed by atoms with Gasteiger partial charge in [0.15, 0.2) is 0 Å². The Bertz CT molecular complexity index is 332. The minimum Gasteiger partial charge on any atom is -0.229 e. The predicted octanol–water partition coefficient (Wildman–Crippen LogP) is 4.77. The lowest BCUT2D eigenvalue weighted by molar-refractivity contribution is -0.139. The Morgan fingerprint density at radius 3 is 2.00 bits per heavy atom. The van der Waals surface area contributed by atoms with Crippen molar-refractivity contribution in [3.63, 3.8) is 0 Å². The van der Waals surface area contributed by atoms with Gasteiger partial charge in [0, 0.05) is 5.54 Å². The molecule has 3 heteroatoms. The summed E-state index contributed by atoms with van der Waals surface area (Å²) in [6.07, 6.45) is 0. The van der Waals surface area contributed by atoms with Crippen molar-refractivity contribution in [3.05, 3.63) is 35.9 Å². The summed E-state index contributed by atoms with van der Waals surface area (Å²) in [6, 6.07) is 10.8. The standard InChI is InChI=1S/C14H22INO/c1-11(2)13(12-9-7-6-8-10-12)16(17-15)14(3,4)5/h6-11,13H,1-5H3. The van der Waals surface area contributed by atoms with Crippen molar-refractivity contribution in [2.45, 2.75) is 46.2 Å². The maximum absolute atomic E-state index is 5.60. The zero-order valence-corrected chi connectivity index (χ0v) is 13.4. The molecule has 1 rings (SSSR count). The minimum atomic E-state index is -0.0219. The molecule has 1 aromatic rings. The average Bonchev–Trinajstić information content (AvgIpc) is 2.24. The van der Waals surface area contributed by atoms with E-state index in [2.05, 4.69) is 63.9 Å². The first-order valence-electron chi connectivity index (χ1n) is 6.01. The topological polar surface area (TPSA) is 12.5 Å². The highest BCUT2D eigenvalue weighted by Gasteiger charge is 2.32. The quantitative estimate of drug-likeness (QED) is 0.575. The van der Waals surface area contributed by atoms with Gasteiger partial charge in [-0.2, -0.15) is 5.06 Å². The summed E-state index contributed by atoms with van der Waals surface area (Å²) < 4.78 is 5.60. The van der Waals surface area contributed by atoms with Crippen molar-refractivity contribution < 1.29 is 3.17 Å². The van der Waals surface area contributed by atoms with Crippen LogP contribution in [0.5, 0.6) is 0 Å². The number of hydroxylamine groups is 2. The molecule has 0 radical (unpaired) electrons. The van der Waals surface area contributed by atoms with Crippen molar-refractivity contribution in [2.24, 2.45) is 5.92 Å². The SMILES string of the molecule is CC(C)C(c1ccccc1)N(OI)C(C)(C)C. The monoisotopic (exact) mass is 347 g/mol. The zero-order chi connectivity index (χ0) is 13.1. The molecule has 0 aliphatic rings. The molecular formula is C14H22INO. The van der Waals surface area contributed by atoms with E-state index >= 15 is 0 Å². The van der Waals surface area contributed by atoms with Crippen molar-refractivity contribution in [1.82, 2.24) is 5.06 Å². The highest BCUT2D eigenvalue weighted by atomic mass is 127. The molecule has 1 atom stereocenters. The third kappa shape index (κ3) is 3.93. The van der Waals surface area contributed by atoms with Crippen molar-refractivity contribution >= 4 is 23.0 Å². The third-order valence-electron chi connectivity index (χ3n) is 2.76. The maximum Gasteiger partial charge on any atom is 0.137 e. The molecule has 0 N–H and O–H groups in total. The van der Waals surface area contributed by atoms with E-state index in [4.69, 9.17) is 3.17 Å². The normalized spacial score (nSPS) is 14.4. The van der Waals surface area contributed by atoms with Gasteiger partial charge in [0.2, 0.25) is 0 Å². The molecule has 17 heavy (non-hydrogen) atoms. The second-order valence-corrected chi connectivity index (χ2v) is 6.06. The van der Waals surface area contributed by atoms with Gasteiger partial charge < -0.3 is 0 Å². The molecule has 0 bridgehead atoms. The number of hydrogen-bond acceptors (Lipinski definition) is 2. The summed E-state index contributed by atoms with van der Waals surface area (Å²) in [5, 5.41) is 2.08. The molecule has 0 spiro atoms. The Hall–Kier alpha value is -0.130. The Balaban J connectivity index is 3.09. The molecule has 0 amide bonds. The maximum atomic E-state index is 5.60. The van der Waals surface area contributed by atoms with Gasteiger partial charge in [-0.15, -0.1) is 0 Å². The van der Waals surface area contributed by atoms with E-state index in [1.807, 2.05) is 29.1 Å². The molecule has 96 valence electrons. The van der Waals surface area contributed by atoms with E-state index in [-0.39, 0.29) is 11.6 Å². The summed E-state index contributed by atoms with van der Waals surface area (Å²) in [4.78, 5) is 0. The summed E-state index contributed by atoms with van der Waals surface area (Å²) in [6.45, 7) is 11.0. The summed E-state index contributed by atoms with van der Waals surface area (Å²) in [7, 11) is 0. The van der Waals surface area contributed by atoms with Crippen LogP contribution in [0.1, 0.15) is 46.2 Å². The Kier molecular flexibility index (Phi) is 5.41. The fraction of sp³-hybridized carbons (Fsp3) is 0.571. The number of hydrogen-bond donors (Lipinski definition) is 0. The summed E-state index contributed by atoms with van der Waals surface area (Å²) >= 11 is 1.98. The van der Waals surface area contributed by atoms with Gasteiger partial charge in [-0.1, -0.05) is 44.2 Å². The number of nitrogens with zero attached hydrogens (tertiary/aromatic N) is 1. The molecule has 0 aromatic heterocycles. The Labute approximate surface area is 119 Å². The van der Waals surface area contributed by atoms with Gasteiger partial charge >= 0.3 is 0 Å². The smallest absolute Gasteiger partial charge is 0.137 e. The zero-order valence-electron chi connectivity index (χ0n) is 11.3. The second kappa shape index (κ2) is 6.16. The van der Waals surface area contributed by atoms with E-state index < -0.39 is 0 Å². The van der Waals surface area contributed by atoms with Crippen LogP contribution in [0.25, 0.3) is 0 Å². The van der Waals surface area contributed by atoms with E-state index in [1.165, 1.54) is 5.56 Å². The highest BCUT2D eigenvalue weighted by Crippen LogP contribution is 2.35. The van der Waals surface area contributed by atoms with Gasteiger partial charge in [-0.3, -0.25) is 0 Å². The van der Waals surface area contributed by atoms with Crippen molar-refractivity contribution in [1.29, 1.82) is 0 Å². The second-order valence-electron chi connectivity index (χ2n) is 5.67. The number of halogens is 1. The molecule has 0 aliphatic carbocycles. The van der Waals surface area contributed by atoms with E-state index in [0.29, 0.717) is 5.92 Å². The summed E-state index contributed by atoms with van der Waals surface area (Å²) in [5.74, 6) is 0.492. The fourth-order valence-corrected chi connectivity index (χ4v) is 2.84. The number of benzene rings is 1. The fourth-order valence-electron chi connectivity index (χ4n) is 2.00. The lowest BCUT2D eigenvalue weighted by atomic mass is 9.92. The first-order valence-corrected chi connectivity index (χ1v) is 6.89. The van der Waals surface area contributed by atoms with Gasteiger partial charge in [0.05, 0.1) is 6.04 Å². The molecule has 0 heterocycles. The molecule has 2 nitrogen and oxygen atoms in total. The lowest BCUT2D eigenvalue weighted by Crippen LogP contribution is -2.43. The first kappa shape index (κ1) is 14.9. The lowest BCUT2D eigenvalue weighted by Gasteiger charge is -2.40. The van der Waals surface area contributed by atoms with E-state index in [0.717, 1.165) is 0 Å². The first-order chi connectivity index (χ1) is 7.88. The van der Waals surface area contributed by atoms with Gasteiger partial charge in [0.25, 0.3) is 0 Å². The largest absolute Gasteiger partial charge is 0.229 e. The Morgan fingerprint density at radius 1 is 1.12 bits per heavy atom. The minimum absolute atomic E-state index is 0.0219. The van der Waals surface area contributed by atoms with Crippen LogP contribution in [0.3, 0.4) is 0 Å². The van der Waals surface area contributed by atoms with E-state index in [9.17, 15) is 0 Å². The van der Waals surface area contributed by atoms with Gasteiger partial charge in [0.1, 0.15) is 23.0 Å². The number of rotatable bonds is 4. The molecule has 1 unspecified atom stereocenters. The van der Waals surface area contributed by atoms with Crippen LogP contribution in [0.4, 0.5) is 0 Å². The molecule has 0 saturated heterocycles. The van der Waals surface area contributed by atoms with Crippen LogP contribution in [-0.4, -0.2) is 10.6 Å². The van der Waals surface area contributed by atoms with Crippen LogP contribution in [-0.2, 0) is 3.17 Å².